The third-order valence-corrected chi connectivity index (χ3v) is 3.42. The molecule has 0 heterocycles. The average Bonchev–Trinajstić information content (AvgIpc) is 2.37. The summed E-state index contributed by atoms with van der Waals surface area (Å²) in [5, 5.41) is 0. The monoisotopic (exact) mass is 266 g/mol. The molecule has 0 atom stereocenters. The minimum Gasteiger partial charge on any atom is -0.361 e. The Hall–Kier alpha value is -1.49. The first kappa shape index (κ1) is 14.6. The molecule has 1 aromatic rings. The van der Waals surface area contributed by atoms with Gasteiger partial charge in [-0.2, -0.15) is 0 Å². The Kier molecular flexibility index (Phi) is 5.71. The molecule has 2 amide bonds. The molecule has 4 nitrogen and oxygen atoms in total. The van der Waals surface area contributed by atoms with E-state index in [0.29, 0.717) is 13.0 Å². The van der Waals surface area contributed by atoms with Crippen LogP contribution < -0.4 is 5.73 Å². The van der Waals surface area contributed by atoms with Gasteiger partial charge in [-0.1, -0.05) is 19.1 Å². The zero-order valence-electron chi connectivity index (χ0n) is 10.7. The van der Waals surface area contributed by atoms with E-state index in [0.717, 1.165) is 11.3 Å². The van der Waals surface area contributed by atoms with Crippen LogP contribution in [0.25, 0.3) is 0 Å². The summed E-state index contributed by atoms with van der Waals surface area (Å²) in [7, 11) is 1.58. The molecule has 2 N–H and O–H groups in total. The number of thioether (sulfide) groups is 1. The van der Waals surface area contributed by atoms with Crippen LogP contribution in [-0.4, -0.2) is 36.1 Å². The molecular formula is C13H18N2O2S. The summed E-state index contributed by atoms with van der Waals surface area (Å²) >= 11 is 1.79. The molecule has 0 saturated carbocycles. The average molecular weight is 266 g/mol. The number of amides is 2. The second-order valence-electron chi connectivity index (χ2n) is 3.92. The zero-order chi connectivity index (χ0) is 13.5. The smallest absolute Gasteiger partial charge is 0.311 e. The summed E-state index contributed by atoms with van der Waals surface area (Å²) in [6.07, 6.45) is 0.715. The molecule has 98 valence electrons. The number of carbonyl (C=O) groups excluding carboxylic acids is 2. The largest absolute Gasteiger partial charge is 0.361 e. The number of likely N-dealkylation sites (N-methyl/N-ethyl adjacent to an activating group) is 1. The van der Waals surface area contributed by atoms with Gasteiger partial charge in [0.2, 0.25) is 0 Å². The molecular weight excluding hydrogens is 248 g/mol. The van der Waals surface area contributed by atoms with Gasteiger partial charge < -0.3 is 10.6 Å². The van der Waals surface area contributed by atoms with Crippen molar-refractivity contribution in [1.82, 2.24) is 4.90 Å². The van der Waals surface area contributed by atoms with E-state index in [2.05, 4.69) is 19.1 Å². The standard InChI is InChI=1S/C13H18N2O2S/c1-3-18-11-6-4-10(5-7-11)8-9-15(2)13(17)12(14)16/h4-7H,3,8-9H2,1-2H3,(H2,14,16). The molecule has 0 bridgehead atoms. The van der Waals surface area contributed by atoms with E-state index in [1.54, 1.807) is 18.8 Å². The maximum absolute atomic E-state index is 11.3. The van der Waals surface area contributed by atoms with Crippen molar-refractivity contribution in [2.45, 2.75) is 18.2 Å². The number of rotatable bonds is 5. The van der Waals surface area contributed by atoms with Crippen LogP contribution in [0.15, 0.2) is 29.2 Å². The van der Waals surface area contributed by atoms with E-state index in [1.807, 2.05) is 12.1 Å². The zero-order valence-corrected chi connectivity index (χ0v) is 11.5. The number of nitrogens with zero attached hydrogens (tertiary/aromatic N) is 1. The van der Waals surface area contributed by atoms with Gasteiger partial charge in [0.1, 0.15) is 0 Å². The molecule has 0 fully saturated rings. The number of benzene rings is 1. The van der Waals surface area contributed by atoms with Crippen LogP contribution in [0, 0.1) is 0 Å². The fourth-order valence-electron chi connectivity index (χ4n) is 1.51. The Morgan fingerprint density at radius 2 is 1.89 bits per heavy atom. The lowest BCUT2D eigenvalue weighted by Gasteiger charge is -2.14. The number of hydrogen-bond donors (Lipinski definition) is 1. The molecule has 0 aromatic heterocycles. The van der Waals surface area contributed by atoms with Crippen LogP contribution in [0.1, 0.15) is 12.5 Å². The minimum atomic E-state index is -0.910. The van der Waals surface area contributed by atoms with Crippen LogP contribution in [0.2, 0.25) is 0 Å². The Balaban J connectivity index is 2.48. The number of nitrogens with two attached hydrogens (primary N) is 1. The van der Waals surface area contributed by atoms with Gasteiger partial charge in [0, 0.05) is 18.5 Å². The third-order valence-electron chi connectivity index (χ3n) is 2.53. The molecule has 0 aliphatic carbocycles. The fraction of sp³-hybridized carbons (Fsp3) is 0.385. The molecule has 0 aliphatic heterocycles. The lowest BCUT2D eigenvalue weighted by Crippen LogP contribution is -2.38. The first-order valence-electron chi connectivity index (χ1n) is 5.81. The summed E-state index contributed by atoms with van der Waals surface area (Å²) in [6.45, 7) is 2.60. The number of carbonyl (C=O) groups is 2. The van der Waals surface area contributed by atoms with Gasteiger partial charge in [-0.05, 0) is 29.9 Å². The molecule has 1 rings (SSSR count). The molecule has 0 unspecified atom stereocenters. The maximum Gasteiger partial charge on any atom is 0.311 e. The van der Waals surface area contributed by atoms with Gasteiger partial charge in [-0.15, -0.1) is 11.8 Å². The van der Waals surface area contributed by atoms with E-state index in [4.69, 9.17) is 5.73 Å². The van der Waals surface area contributed by atoms with Crippen molar-refractivity contribution in [3.8, 4) is 0 Å². The Morgan fingerprint density at radius 1 is 1.28 bits per heavy atom. The van der Waals surface area contributed by atoms with Crippen molar-refractivity contribution < 1.29 is 9.59 Å². The Bertz CT molecular complexity index is 418. The molecule has 18 heavy (non-hydrogen) atoms. The lowest BCUT2D eigenvalue weighted by atomic mass is 10.1. The predicted octanol–water partition coefficient (Wildman–Crippen LogP) is 1.28. The van der Waals surface area contributed by atoms with Gasteiger partial charge in [0.05, 0.1) is 0 Å². The van der Waals surface area contributed by atoms with Gasteiger partial charge in [-0.3, -0.25) is 9.59 Å². The van der Waals surface area contributed by atoms with E-state index in [1.165, 1.54) is 9.80 Å². The van der Waals surface area contributed by atoms with Crippen molar-refractivity contribution in [3.05, 3.63) is 29.8 Å². The summed E-state index contributed by atoms with van der Waals surface area (Å²) in [6, 6.07) is 8.22. The highest BCUT2D eigenvalue weighted by molar-refractivity contribution is 7.99. The fourth-order valence-corrected chi connectivity index (χ4v) is 2.17. The van der Waals surface area contributed by atoms with Crippen molar-refractivity contribution in [2.24, 2.45) is 5.73 Å². The summed E-state index contributed by atoms with van der Waals surface area (Å²) in [5.41, 5.74) is 6.06. The number of hydrogen-bond acceptors (Lipinski definition) is 3. The van der Waals surface area contributed by atoms with Crippen molar-refractivity contribution in [3.63, 3.8) is 0 Å². The highest BCUT2D eigenvalue weighted by Crippen LogP contribution is 2.17. The van der Waals surface area contributed by atoms with Gasteiger partial charge in [-0.25, -0.2) is 0 Å². The summed E-state index contributed by atoms with van der Waals surface area (Å²) < 4.78 is 0. The van der Waals surface area contributed by atoms with E-state index < -0.39 is 11.8 Å². The topological polar surface area (TPSA) is 63.4 Å². The third kappa shape index (κ3) is 4.41. The maximum atomic E-state index is 11.3. The van der Waals surface area contributed by atoms with Crippen LogP contribution in [0.3, 0.4) is 0 Å². The van der Waals surface area contributed by atoms with Crippen LogP contribution in [0.5, 0.6) is 0 Å². The second kappa shape index (κ2) is 7.06. The van der Waals surface area contributed by atoms with Gasteiger partial charge >= 0.3 is 11.8 Å². The van der Waals surface area contributed by atoms with Gasteiger partial charge in [0.25, 0.3) is 0 Å². The molecule has 0 radical (unpaired) electrons. The van der Waals surface area contributed by atoms with Crippen LogP contribution in [0.4, 0.5) is 0 Å². The Labute approximate surface area is 112 Å². The second-order valence-corrected chi connectivity index (χ2v) is 5.26. The number of primary amides is 1. The minimum absolute atomic E-state index is 0.488. The van der Waals surface area contributed by atoms with E-state index in [-0.39, 0.29) is 0 Å². The van der Waals surface area contributed by atoms with E-state index >= 15 is 0 Å². The molecule has 5 heteroatoms. The first-order chi connectivity index (χ1) is 8.54. The molecule has 0 aliphatic rings. The van der Waals surface area contributed by atoms with Crippen molar-refractivity contribution in [2.75, 3.05) is 19.3 Å². The van der Waals surface area contributed by atoms with Crippen molar-refractivity contribution >= 4 is 23.6 Å². The normalized spacial score (nSPS) is 10.1. The highest BCUT2D eigenvalue weighted by Gasteiger charge is 2.14. The molecule has 1 aromatic carbocycles. The lowest BCUT2D eigenvalue weighted by molar-refractivity contribution is -0.143. The van der Waals surface area contributed by atoms with Crippen LogP contribution >= 0.6 is 11.8 Å². The summed E-state index contributed by atoms with van der Waals surface area (Å²) in [4.78, 5) is 24.5. The molecule has 0 spiro atoms. The quantitative estimate of drug-likeness (QED) is 0.645. The van der Waals surface area contributed by atoms with Gasteiger partial charge in [0.15, 0.2) is 0 Å². The SMILES string of the molecule is CCSc1ccc(CCN(C)C(=O)C(N)=O)cc1. The predicted molar refractivity (Wildman–Crippen MR) is 73.4 cm³/mol. The first-order valence-corrected chi connectivity index (χ1v) is 6.79. The summed E-state index contributed by atoms with van der Waals surface area (Å²) in [5.74, 6) is -0.504. The van der Waals surface area contributed by atoms with Crippen LogP contribution in [-0.2, 0) is 16.0 Å². The van der Waals surface area contributed by atoms with E-state index in [9.17, 15) is 9.59 Å². The van der Waals surface area contributed by atoms with Crippen molar-refractivity contribution in [1.29, 1.82) is 0 Å². The molecule has 0 saturated heterocycles. The Morgan fingerprint density at radius 3 is 2.39 bits per heavy atom. The highest BCUT2D eigenvalue weighted by atomic mass is 32.2.